The smallest absolute Gasteiger partial charge is 0.416 e. The minimum absolute atomic E-state index is 0.223. The molecule has 2 N–H and O–H groups in total. The van der Waals surface area contributed by atoms with Crippen molar-refractivity contribution in [3.05, 3.63) is 88.3 Å². The molecule has 0 atom stereocenters. The fourth-order valence-electron chi connectivity index (χ4n) is 2.77. The molecule has 1 aromatic heterocycles. The van der Waals surface area contributed by atoms with Gasteiger partial charge in [-0.25, -0.2) is 0 Å². The van der Waals surface area contributed by atoms with Crippen molar-refractivity contribution in [2.45, 2.75) is 12.7 Å². The van der Waals surface area contributed by atoms with Gasteiger partial charge in [0, 0.05) is 17.8 Å². The van der Waals surface area contributed by atoms with Gasteiger partial charge in [0.2, 0.25) is 0 Å². The Bertz CT molecular complexity index is 1150. The second-order valence-corrected chi connectivity index (χ2v) is 6.39. The van der Waals surface area contributed by atoms with Crippen LogP contribution in [-0.4, -0.2) is 21.6 Å². The van der Waals surface area contributed by atoms with E-state index in [1.54, 1.807) is 12.1 Å². The molecule has 0 unspecified atom stereocenters. The van der Waals surface area contributed by atoms with E-state index in [2.05, 4.69) is 5.32 Å². The van der Waals surface area contributed by atoms with Gasteiger partial charge in [-0.2, -0.15) is 13.2 Å². The maximum Gasteiger partial charge on any atom is 0.416 e. The summed E-state index contributed by atoms with van der Waals surface area (Å²) in [5.74, 6) is -1.73. The van der Waals surface area contributed by atoms with Gasteiger partial charge >= 0.3 is 12.1 Å². The standard InChI is InChI=1S/C21H15F3N2O4/c22-21(23,24)16-6-4-13(5-7-16)14-2-1-3-15(10-14)20(30)25-17-8-9-18(27)26(11-17)12-19(28)29/h1-11H,12H2,(H,25,30)(H,28,29). The molecular formula is C21H15F3N2O4. The summed E-state index contributed by atoms with van der Waals surface area (Å²) in [5.41, 5.74) is 0.223. The molecule has 30 heavy (non-hydrogen) atoms. The molecule has 3 rings (SSSR count). The van der Waals surface area contributed by atoms with Crippen molar-refractivity contribution >= 4 is 17.6 Å². The van der Waals surface area contributed by atoms with E-state index >= 15 is 0 Å². The summed E-state index contributed by atoms with van der Waals surface area (Å²) in [5, 5.41) is 11.4. The van der Waals surface area contributed by atoms with E-state index in [1.165, 1.54) is 36.5 Å². The first-order chi connectivity index (χ1) is 14.1. The molecule has 0 aliphatic rings. The molecule has 1 amide bonds. The van der Waals surface area contributed by atoms with Gasteiger partial charge in [0.15, 0.2) is 0 Å². The summed E-state index contributed by atoms with van der Waals surface area (Å²) in [6.07, 6.45) is -3.22. The van der Waals surface area contributed by atoms with E-state index in [-0.39, 0.29) is 11.3 Å². The van der Waals surface area contributed by atoms with E-state index in [1.807, 2.05) is 0 Å². The predicted molar refractivity (Wildman–Crippen MR) is 103 cm³/mol. The lowest BCUT2D eigenvalue weighted by atomic mass is 10.0. The van der Waals surface area contributed by atoms with Gasteiger partial charge in [0.1, 0.15) is 6.54 Å². The average Bonchev–Trinajstić information content (AvgIpc) is 2.69. The third kappa shape index (κ3) is 4.93. The molecule has 3 aromatic rings. The van der Waals surface area contributed by atoms with Crippen LogP contribution in [0.5, 0.6) is 0 Å². The molecule has 1 heterocycles. The fourth-order valence-corrected chi connectivity index (χ4v) is 2.77. The van der Waals surface area contributed by atoms with Gasteiger partial charge in [0.05, 0.1) is 11.3 Å². The van der Waals surface area contributed by atoms with Gasteiger partial charge in [0.25, 0.3) is 11.5 Å². The monoisotopic (exact) mass is 416 g/mol. The third-order valence-corrected chi connectivity index (χ3v) is 4.22. The molecule has 0 spiro atoms. The summed E-state index contributed by atoms with van der Waals surface area (Å²) in [4.78, 5) is 35.0. The first-order valence-electron chi connectivity index (χ1n) is 8.65. The average molecular weight is 416 g/mol. The van der Waals surface area contributed by atoms with Crippen LogP contribution in [0.3, 0.4) is 0 Å². The number of hydrogen-bond acceptors (Lipinski definition) is 3. The Morgan fingerprint density at radius 2 is 1.67 bits per heavy atom. The minimum Gasteiger partial charge on any atom is -0.480 e. The SMILES string of the molecule is O=C(O)Cn1cc(NC(=O)c2cccc(-c3ccc(C(F)(F)F)cc3)c2)ccc1=O. The summed E-state index contributed by atoms with van der Waals surface area (Å²) < 4.78 is 39.1. The number of aliphatic carboxylic acids is 1. The van der Waals surface area contributed by atoms with Crippen LogP contribution in [0, 0.1) is 0 Å². The first-order valence-corrected chi connectivity index (χ1v) is 8.65. The van der Waals surface area contributed by atoms with Gasteiger partial charge < -0.3 is 15.0 Å². The van der Waals surface area contributed by atoms with Crippen molar-refractivity contribution in [2.24, 2.45) is 0 Å². The maximum absolute atomic E-state index is 12.7. The topological polar surface area (TPSA) is 88.4 Å². The van der Waals surface area contributed by atoms with E-state index < -0.39 is 35.7 Å². The summed E-state index contributed by atoms with van der Waals surface area (Å²) in [6, 6.07) is 13.3. The van der Waals surface area contributed by atoms with Crippen molar-refractivity contribution in [3.8, 4) is 11.1 Å². The van der Waals surface area contributed by atoms with Crippen LogP contribution in [0.2, 0.25) is 0 Å². The van der Waals surface area contributed by atoms with Crippen molar-refractivity contribution in [1.82, 2.24) is 4.57 Å². The number of benzene rings is 2. The molecule has 6 nitrogen and oxygen atoms in total. The molecule has 0 radical (unpaired) electrons. The number of carboxylic acids is 1. The van der Waals surface area contributed by atoms with Crippen LogP contribution in [0.25, 0.3) is 11.1 Å². The van der Waals surface area contributed by atoms with Crippen LogP contribution in [0.1, 0.15) is 15.9 Å². The van der Waals surface area contributed by atoms with Crippen molar-refractivity contribution < 1.29 is 27.9 Å². The zero-order valence-corrected chi connectivity index (χ0v) is 15.3. The highest BCUT2D eigenvalue weighted by Crippen LogP contribution is 2.31. The molecule has 2 aromatic carbocycles. The Balaban J connectivity index is 1.81. The zero-order chi connectivity index (χ0) is 21.9. The van der Waals surface area contributed by atoms with Crippen molar-refractivity contribution in [1.29, 1.82) is 0 Å². The van der Waals surface area contributed by atoms with Crippen LogP contribution in [0.15, 0.2) is 71.7 Å². The Kier molecular flexibility index (Phi) is 5.72. The van der Waals surface area contributed by atoms with Gasteiger partial charge in [-0.15, -0.1) is 0 Å². The Morgan fingerprint density at radius 1 is 0.967 bits per heavy atom. The second kappa shape index (κ2) is 8.24. The minimum atomic E-state index is -4.43. The number of carboxylic acid groups (broad SMARTS) is 1. The van der Waals surface area contributed by atoms with E-state index in [9.17, 15) is 27.6 Å². The number of nitrogens with zero attached hydrogens (tertiary/aromatic N) is 1. The van der Waals surface area contributed by atoms with Crippen LogP contribution >= 0.6 is 0 Å². The third-order valence-electron chi connectivity index (χ3n) is 4.22. The highest BCUT2D eigenvalue weighted by atomic mass is 19.4. The molecule has 9 heteroatoms. The number of hydrogen-bond donors (Lipinski definition) is 2. The Morgan fingerprint density at radius 3 is 2.30 bits per heavy atom. The summed E-state index contributed by atoms with van der Waals surface area (Å²) in [6.45, 7) is -0.550. The molecule has 0 bridgehead atoms. The highest BCUT2D eigenvalue weighted by Gasteiger charge is 2.29. The highest BCUT2D eigenvalue weighted by molar-refractivity contribution is 6.04. The number of rotatable bonds is 5. The number of alkyl halides is 3. The normalized spacial score (nSPS) is 11.2. The Hall–Kier alpha value is -3.88. The van der Waals surface area contributed by atoms with Gasteiger partial charge in [-0.3, -0.25) is 14.4 Å². The quantitative estimate of drug-likeness (QED) is 0.661. The lowest BCUT2D eigenvalue weighted by molar-refractivity contribution is -0.138. The number of carbonyl (C=O) groups is 2. The summed E-state index contributed by atoms with van der Waals surface area (Å²) >= 11 is 0. The predicted octanol–water partition coefficient (Wildman–Crippen LogP) is 3.87. The number of aromatic nitrogens is 1. The van der Waals surface area contributed by atoms with Gasteiger partial charge in [-0.05, 0) is 41.5 Å². The van der Waals surface area contributed by atoms with E-state index in [0.29, 0.717) is 11.1 Å². The molecule has 0 aliphatic heterocycles. The Labute approximate surface area is 168 Å². The first kappa shape index (κ1) is 20.8. The van der Waals surface area contributed by atoms with Crippen molar-refractivity contribution in [3.63, 3.8) is 0 Å². The van der Waals surface area contributed by atoms with E-state index in [0.717, 1.165) is 22.8 Å². The largest absolute Gasteiger partial charge is 0.480 e. The van der Waals surface area contributed by atoms with Gasteiger partial charge in [-0.1, -0.05) is 24.3 Å². The molecule has 0 aliphatic carbocycles. The molecule has 0 saturated carbocycles. The molecule has 0 saturated heterocycles. The fraction of sp³-hybridized carbons (Fsp3) is 0.0952. The molecule has 0 fully saturated rings. The number of halogens is 3. The maximum atomic E-state index is 12.7. The second-order valence-electron chi connectivity index (χ2n) is 6.39. The molecule has 154 valence electrons. The number of amides is 1. The molecular weight excluding hydrogens is 401 g/mol. The number of carbonyl (C=O) groups excluding carboxylic acids is 1. The number of pyridine rings is 1. The summed E-state index contributed by atoms with van der Waals surface area (Å²) in [7, 11) is 0. The lowest BCUT2D eigenvalue weighted by Crippen LogP contribution is -2.24. The number of anilines is 1. The zero-order valence-electron chi connectivity index (χ0n) is 15.3. The van der Waals surface area contributed by atoms with Crippen molar-refractivity contribution in [2.75, 3.05) is 5.32 Å². The van der Waals surface area contributed by atoms with E-state index in [4.69, 9.17) is 5.11 Å². The van der Waals surface area contributed by atoms with Crippen LogP contribution in [-0.2, 0) is 17.5 Å². The lowest BCUT2D eigenvalue weighted by Gasteiger charge is -2.10. The number of nitrogens with one attached hydrogen (secondary N) is 1. The van der Waals surface area contributed by atoms with Crippen LogP contribution in [0.4, 0.5) is 18.9 Å². The van der Waals surface area contributed by atoms with Crippen LogP contribution < -0.4 is 10.9 Å².